The molecule has 0 radical (unpaired) electrons. The van der Waals surface area contributed by atoms with Gasteiger partial charge in [0.25, 0.3) is 0 Å². The number of rotatable bonds is 7. The van der Waals surface area contributed by atoms with Gasteiger partial charge in [0, 0.05) is 0 Å². The van der Waals surface area contributed by atoms with E-state index in [-0.39, 0.29) is 5.60 Å². The van der Waals surface area contributed by atoms with Crippen LogP contribution in [-0.4, -0.2) is 17.8 Å². The Balaban J connectivity index is 3.98. The molecule has 0 rings (SSSR count). The summed E-state index contributed by atoms with van der Waals surface area (Å²) in [5.74, 6) is 0.733. The fourth-order valence-electron chi connectivity index (χ4n) is 1.07. The summed E-state index contributed by atoms with van der Waals surface area (Å²) < 4.78 is 5.73. The summed E-state index contributed by atoms with van der Waals surface area (Å²) in [6.07, 6.45) is 8.24. The molecule has 0 heterocycles. The molecule has 0 saturated heterocycles. The minimum atomic E-state index is -0.172. The van der Waals surface area contributed by atoms with E-state index in [2.05, 4.69) is 33.4 Å². The maximum absolute atomic E-state index is 5.73. The molecular weight excluding hydrogens is 192 g/mol. The second-order valence-electron chi connectivity index (χ2n) is 3.89. The van der Waals surface area contributed by atoms with Crippen LogP contribution in [-0.2, 0) is 4.74 Å². The van der Waals surface area contributed by atoms with E-state index in [1.54, 1.807) is 11.8 Å². The van der Waals surface area contributed by atoms with E-state index in [0.717, 1.165) is 18.8 Å². The quantitative estimate of drug-likeness (QED) is 0.468. The van der Waals surface area contributed by atoms with Gasteiger partial charge >= 0.3 is 0 Å². The molecule has 0 aromatic carbocycles. The molecule has 14 heavy (non-hydrogen) atoms. The van der Waals surface area contributed by atoms with E-state index in [0.29, 0.717) is 0 Å². The van der Waals surface area contributed by atoms with Crippen LogP contribution in [0, 0.1) is 0 Å². The minimum Gasteiger partial charge on any atom is -0.361 e. The predicted molar refractivity (Wildman–Crippen MR) is 66.7 cm³/mol. The van der Waals surface area contributed by atoms with Crippen LogP contribution >= 0.6 is 11.8 Å². The first kappa shape index (κ1) is 13.8. The average Bonchev–Trinajstić information content (AvgIpc) is 2.14. The summed E-state index contributed by atoms with van der Waals surface area (Å²) in [7, 11) is 0. The number of thioether (sulfide) groups is 1. The molecule has 0 aliphatic rings. The smallest absolute Gasteiger partial charge is 0.0929 e. The molecule has 0 aromatic heterocycles. The van der Waals surface area contributed by atoms with E-state index >= 15 is 0 Å². The maximum Gasteiger partial charge on any atom is 0.0929 e. The first-order valence-corrected chi connectivity index (χ1v) is 6.33. The van der Waals surface area contributed by atoms with E-state index in [1.165, 1.54) is 5.57 Å². The zero-order valence-corrected chi connectivity index (χ0v) is 10.6. The van der Waals surface area contributed by atoms with E-state index in [9.17, 15) is 0 Å². The zero-order valence-electron chi connectivity index (χ0n) is 9.80. The SMILES string of the molecule is C=CC(C)(CCC=C(C)C)OCSC. The van der Waals surface area contributed by atoms with Gasteiger partial charge in [0.1, 0.15) is 0 Å². The van der Waals surface area contributed by atoms with Crippen LogP contribution in [0.25, 0.3) is 0 Å². The molecule has 2 heteroatoms. The van der Waals surface area contributed by atoms with Crippen molar-refractivity contribution < 1.29 is 4.74 Å². The fraction of sp³-hybridized carbons (Fsp3) is 0.667. The van der Waals surface area contributed by atoms with Crippen LogP contribution in [0.1, 0.15) is 33.6 Å². The topological polar surface area (TPSA) is 9.23 Å². The highest BCUT2D eigenvalue weighted by atomic mass is 32.2. The van der Waals surface area contributed by atoms with Crippen LogP contribution in [0.5, 0.6) is 0 Å². The molecule has 0 fully saturated rings. The summed E-state index contributed by atoms with van der Waals surface area (Å²) in [6, 6.07) is 0. The van der Waals surface area contributed by atoms with Gasteiger partial charge in [-0.25, -0.2) is 0 Å². The lowest BCUT2D eigenvalue weighted by atomic mass is 9.99. The van der Waals surface area contributed by atoms with Crippen molar-refractivity contribution in [2.45, 2.75) is 39.2 Å². The molecule has 0 aromatic rings. The van der Waals surface area contributed by atoms with Crippen molar-refractivity contribution in [2.24, 2.45) is 0 Å². The molecule has 0 N–H and O–H groups in total. The maximum atomic E-state index is 5.73. The first-order chi connectivity index (χ1) is 6.54. The van der Waals surface area contributed by atoms with Gasteiger partial charge in [-0.05, 0) is 39.9 Å². The van der Waals surface area contributed by atoms with E-state index in [4.69, 9.17) is 4.74 Å². The average molecular weight is 214 g/mol. The largest absolute Gasteiger partial charge is 0.361 e. The van der Waals surface area contributed by atoms with Crippen molar-refractivity contribution in [2.75, 3.05) is 12.2 Å². The molecule has 0 spiro atoms. The minimum absolute atomic E-state index is 0.172. The Morgan fingerprint density at radius 2 is 2.14 bits per heavy atom. The molecule has 0 aliphatic carbocycles. The standard InChI is InChI=1S/C12H22OS/c1-6-12(4,13-10-14-5)9-7-8-11(2)3/h6,8H,1,7,9-10H2,2-5H3. The highest BCUT2D eigenvalue weighted by Gasteiger charge is 2.19. The molecule has 0 saturated carbocycles. The van der Waals surface area contributed by atoms with Crippen molar-refractivity contribution in [1.29, 1.82) is 0 Å². The summed E-state index contributed by atoms with van der Waals surface area (Å²) in [5.41, 5.74) is 1.19. The Labute approximate surface area is 92.6 Å². The number of allylic oxidation sites excluding steroid dienone is 2. The van der Waals surface area contributed by atoms with Gasteiger partial charge in [0.2, 0.25) is 0 Å². The van der Waals surface area contributed by atoms with Gasteiger partial charge in [-0.2, -0.15) is 0 Å². The highest BCUT2D eigenvalue weighted by molar-refractivity contribution is 7.98. The van der Waals surface area contributed by atoms with Crippen LogP contribution in [0.2, 0.25) is 0 Å². The summed E-state index contributed by atoms with van der Waals surface area (Å²) in [6.45, 7) is 10.2. The molecule has 0 amide bonds. The van der Waals surface area contributed by atoms with Crippen molar-refractivity contribution in [3.63, 3.8) is 0 Å². The summed E-state index contributed by atoms with van der Waals surface area (Å²) >= 11 is 1.70. The summed E-state index contributed by atoms with van der Waals surface area (Å²) in [5, 5.41) is 0. The third-order valence-corrected chi connectivity index (χ3v) is 2.49. The Morgan fingerprint density at radius 3 is 2.57 bits per heavy atom. The lowest BCUT2D eigenvalue weighted by molar-refractivity contribution is 0.0318. The van der Waals surface area contributed by atoms with Gasteiger partial charge in [-0.3, -0.25) is 0 Å². The van der Waals surface area contributed by atoms with Crippen molar-refractivity contribution in [3.05, 3.63) is 24.3 Å². The highest BCUT2D eigenvalue weighted by Crippen LogP contribution is 2.21. The Hall–Kier alpha value is -0.210. The van der Waals surface area contributed by atoms with E-state index in [1.807, 2.05) is 12.3 Å². The van der Waals surface area contributed by atoms with Crippen molar-refractivity contribution in [1.82, 2.24) is 0 Å². The van der Waals surface area contributed by atoms with Gasteiger partial charge in [0.15, 0.2) is 0 Å². The second-order valence-corrected chi connectivity index (χ2v) is 4.70. The van der Waals surface area contributed by atoms with Crippen molar-refractivity contribution in [3.8, 4) is 0 Å². The van der Waals surface area contributed by atoms with Crippen LogP contribution in [0.15, 0.2) is 24.3 Å². The van der Waals surface area contributed by atoms with E-state index < -0.39 is 0 Å². The lowest BCUT2D eigenvalue weighted by Gasteiger charge is -2.25. The predicted octanol–water partition coefficient (Wildman–Crippen LogP) is 4.01. The number of ether oxygens (including phenoxy) is 1. The van der Waals surface area contributed by atoms with Crippen LogP contribution in [0.3, 0.4) is 0 Å². The Kier molecular flexibility index (Phi) is 7.02. The number of hydrogen-bond donors (Lipinski definition) is 0. The first-order valence-electron chi connectivity index (χ1n) is 4.94. The number of hydrogen-bond acceptors (Lipinski definition) is 2. The lowest BCUT2D eigenvalue weighted by Crippen LogP contribution is -2.25. The van der Waals surface area contributed by atoms with Gasteiger partial charge in [-0.15, -0.1) is 18.3 Å². The fourth-order valence-corrected chi connectivity index (χ4v) is 1.46. The van der Waals surface area contributed by atoms with Crippen LogP contribution in [0.4, 0.5) is 0 Å². The molecule has 1 nitrogen and oxygen atoms in total. The third kappa shape index (κ3) is 6.28. The zero-order chi connectivity index (χ0) is 11.0. The molecule has 0 aliphatic heterocycles. The molecule has 1 unspecified atom stereocenters. The third-order valence-electron chi connectivity index (χ3n) is 2.13. The van der Waals surface area contributed by atoms with Gasteiger partial charge in [-0.1, -0.05) is 17.7 Å². The second kappa shape index (κ2) is 7.13. The van der Waals surface area contributed by atoms with Crippen molar-refractivity contribution >= 4 is 11.8 Å². The summed E-state index contributed by atoms with van der Waals surface area (Å²) in [4.78, 5) is 0. The molecule has 82 valence electrons. The Morgan fingerprint density at radius 1 is 1.50 bits per heavy atom. The van der Waals surface area contributed by atoms with Gasteiger partial charge in [0.05, 0.1) is 11.5 Å². The molecular formula is C12H22OS. The molecule has 0 bridgehead atoms. The Bertz CT molecular complexity index is 194. The monoisotopic (exact) mass is 214 g/mol. The van der Waals surface area contributed by atoms with Gasteiger partial charge < -0.3 is 4.74 Å². The normalized spacial score (nSPS) is 14.6. The molecule has 1 atom stereocenters. The van der Waals surface area contributed by atoms with Crippen LogP contribution < -0.4 is 0 Å².